The third kappa shape index (κ3) is 1.52. The molecule has 0 spiro atoms. The summed E-state index contributed by atoms with van der Waals surface area (Å²) in [5, 5.41) is 1.01. The lowest BCUT2D eigenvalue weighted by atomic mass is 10.4. The molecule has 62 valence electrons. The van der Waals surface area contributed by atoms with Gasteiger partial charge in [-0.05, 0) is 6.26 Å². The van der Waals surface area contributed by atoms with Crippen LogP contribution in [0.4, 0.5) is 0 Å². The van der Waals surface area contributed by atoms with E-state index in [2.05, 4.69) is 15.9 Å². The Kier molecular flexibility index (Phi) is 2.46. The van der Waals surface area contributed by atoms with E-state index in [9.17, 15) is 13.2 Å². The van der Waals surface area contributed by atoms with Crippen molar-refractivity contribution < 1.29 is 13.2 Å². The van der Waals surface area contributed by atoms with E-state index in [4.69, 9.17) is 0 Å². The minimum absolute atomic E-state index is 0.298. The second kappa shape index (κ2) is 2.91. The third-order valence-electron chi connectivity index (χ3n) is 1.23. The topological polar surface area (TPSA) is 51.2 Å². The summed E-state index contributed by atoms with van der Waals surface area (Å²) in [5.41, 5.74) is 0. The Morgan fingerprint density at radius 2 is 2.18 bits per heavy atom. The van der Waals surface area contributed by atoms with E-state index >= 15 is 0 Å². The maximum Gasteiger partial charge on any atom is 0.199 e. The first-order chi connectivity index (χ1) is 4.99. The first-order valence-corrected chi connectivity index (χ1v) is 6.42. The number of thioether (sulfide) groups is 1. The summed E-state index contributed by atoms with van der Waals surface area (Å²) in [4.78, 5) is 11.3. The molecule has 0 aromatic carbocycles. The number of halogens is 1. The zero-order chi connectivity index (χ0) is 8.65. The van der Waals surface area contributed by atoms with Gasteiger partial charge in [-0.25, -0.2) is 8.42 Å². The lowest BCUT2D eigenvalue weighted by Gasteiger charge is -1.95. The number of hydrogen-bond acceptors (Lipinski definition) is 4. The molecule has 0 unspecified atom stereocenters. The van der Waals surface area contributed by atoms with Gasteiger partial charge in [0, 0.05) is 5.41 Å². The Morgan fingerprint density at radius 3 is 2.36 bits per heavy atom. The van der Waals surface area contributed by atoms with Crippen molar-refractivity contribution in [3.8, 4) is 0 Å². The van der Waals surface area contributed by atoms with Gasteiger partial charge in [0.15, 0.2) is 19.8 Å². The fraction of sp³-hybridized carbons (Fsp3) is 0.400. The van der Waals surface area contributed by atoms with E-state index in [1.54, 1.807) is 6.26 Å². The fourth-order valence-corrected chi connectivity index (χ4v) is 3.54. The lowest BCUT2D eigenvalue weighted by molar-refractivity contribution is -0.112. The van der Waals surface area contributed by atoms with E-state index in [0.29, 0.717) is 4.91 Å². The second-order valence-electron chi connectivity index (χ2n) is 1.96. The minimum Gasteiger partial charge on any atom is -0.291 e. The fourth-order valence-electron chi connectivity index (χ4n) is 0.677. The Labute approximate surface area is 77.3 Å². The average molecular weight is 257 g/mol. The number of Topliss-reactive ketones (excluding diaryl/α,β-unsaturated/α-hetero) is 1. The molecule has 0 radical (unpaired) electrons. The van der Waals surface area contributed by atoms with Gasteiger partial charge in [-0.2, -0.15) is 0 Å². The van der Waals surface area contributed by atoms with Crippen molar-refractivity contribution in [1.82, 2.24) is 0 Å². The molecule has 1 aliphatic heterocycles. The van der Waals surface area contributed by atoms with Gasteiger partial charge in [0.1, 0.15) is 0 Å². The highest BCUT2D eigenvalue weighted by molar-refractivity contribution is 9.11. The quantitative estimate of drug-likeness (QED) is 0.655. The van der Waals surface area contributed by atoms with Crippen LogP contribution in [0.15, 0.2) is 10.3 Å². The van der Waals surface area contributed by atoms with E-state index in [-0.39, 0.29) is 5.78 Å². The van der Waals surface area contributed by atoms with Crippen molar-refractivity contribution in [2.24, 2.45) is 0 Å². The number of hydrogen-bond donors (Lipinski definition) is 0. The van der Waals surface area contributed by atoms with Gasteiger partial charge in [0.2, 0.25) is 0 Å². The van der Waals surface area contributed by atoms with E-state index in [0.717, 1.165) is 17.2 Å². The molecule has 1 atom stereocenters. The normalized spacial score (nSPS) is 28.7. The summed E-state index contributed by atoms with van der Waals surface area (Å²) in [6.07, 6.45) is 1.67. The highest BCUT2D eigenvalue weighted by Gasteiger charge is 2.37. The van der Waals surface area contributed by atoms with Gasteiger partial charge in [0.25, 0.3) is 0 Å². The van der Waals surface area contributed by atoms with Gasteiger partial charge >= 0.3 is 0 Å². The Morgan fingerprint density at radius 1 is 1.64 bits per heavy atom. The smallest absolute Gasteiger partial charge is 0.199 e. The molecule has 0 aromatic heterocycles. The van der Waals surface area contributed by atoms with Crippen molar-refractivity contribution in [3.63, 3.8) is 0 Å². The highest BCUT2D eigenvalue weighted by atomic mass is 79.9. The van der Waals surface area contributed by atoms with Gasteiger partial charge in [-0.15, -0.1) is 11.8 Å². The van der Waals surface area contributed by atoms with Crippen LogP contribution < -0.4 is 0 Å². The molecular weight excluding hydrogens is 252 g/mol. The van der Waals surface area contributed by atoms with Gasteiger partial charge in [0.05, 0.1) is 4.91 Å². The van der Waals surface area contributed by atoms with Crippen LogP contribution in [0.1, 0.15) is 0 Å². The van der Waals surface area contributed by atoms with Crippen LogP contribution in [-0.4, -0.2) is 24.6 Å². The summed E-state index contributed by atoms with van der Waals surface area (Å²) in [6.45, 7) is 0. The molecule has 0 aromatic rings. The van der Waals surface area contributed by atoms with Crippen molar-refractivity contribution >= 4 is 43.3 Å². The number of sulfone groups is 1. The predicted molar refractivity (Wildman–Crippen MR) is 48.2 cm³/mol. The number of carbonyl (C=O) groups is 1. The maximum atomic E-state index is 11.0. The number of alkyl halides is 1. The maximum absolute atomic E-state index is 11.0. The Hall–Kier alpha value is 0.190. The highest BCUT2D eigenvalue weighted by Crippen LogP contribution is 2.30. The minimum atomic E-state index is -3.35. The van der Waals surface area contributed by atoms with Gasteiger partial charge < -0.3 is 0 Å². The molecule has 0 bridgehead atoms. The zero-order valence-corrected chi connectivity index (χ0v) is 8.79. The second-order valence-corrected chi connectivity index (χ2v) is 6.21. The first-order valence-electron chi connectivity index (χ1n) is 2.67. The molecule has 0 amide bonds. The largest absolute Gasteiger partial charge is 0.291 e. The van der Waals surface area contributed by atoms with Crippen molar-refractivity contribution in [1.29, 1.82) is 0 Å². The summed E-state index contributed by atoms with van der Waals surface area (Å²) < 4.78 is 20.9. The molecule has 1 aliphatic rings. The Bertz CT molecular complexity index is 317. The summed E-state index contributed by atoms with van der Waals surface area (Å²) in [7, 11) is -3.35. The SMILES string of the molecule is CSC1=CS(=O)(=O)[C@@H](Br)C1=O. The molecule has 0 N–H and O–H groups in total. The van der Waals surface area contributed by atoms with Crippen molar-refractivity contribution in [2.45, 2.75) is 4.16 Å². The average Bonchev–Trinajstić information content (AvgIpc) is 2.13. The lowest BCUT2D eigenvalue weighted by Crippen LogP contribution is -2.15. The standard InChI is InChI=1S/C5H5BrO3S2/c1-10-3-2-11(8,9)5(6)4(3)7/h2,5H,1H3/t5-/m1/s1. The van der Waals surface area contributed by atoms with Crippen LogP contribution in [0.3, 0.4) is 0 Å². The predicted octanol–water partition coefficient (Wildman–Crippen LogP) is 0.909. The third-order valence-corrected chi connectivity index (χ3v) is 5.47. The van der Waals surface area contributed by atoms with E-state index in [1.165, 1.54) is 0 Å². The Balaban J connectivity index is 3.15. The van der Waals surface area contributed by atoms with Crippen molar-refractivity contribution in [2.75, 3.05) is 6.26 Å². The number of carbonyl (C=O) groups excluding carboxylic acids is 1. The summed E-state index contributed by atoms with van der Waals surface area (Å²) >= 11 is 3.95. The number of allylic oxidation sites excluding steroid dienone is 1. The van der Waals surface area contributed by atoms with Crippen LogP contribution in [0, 0.1) is 0 Å². The van der Waals surface area contributed by atoms with Crippen LogP contribution in [0.25, 0.3) is 0 Å². The van der Waals surface area contributed by atoms with Crippen LogP contribution in [0.2, 0.25) is 0 Å². The van der Waals surface area contributed by atoms with E-state index in [1.807, 2.05) is 0 Å². The molecule has 1 rings (SSSR count). The van der Waals surface area contributed by atoms with Crippen LogP contribution in [-0.2, 0) is 14.6 Å². The summed E-state index contributed by atoms with van der Waals surface area (Å²) in [5.74, 6) is -0.363. The summed E-state index contributed by atoms with van der Waals surface area (Å²) in [6, 6.07) is 0. The molecule has 11 heavy (non-hydrogen) atoms. The van der Waals surface area contributed by atoms with Crippen molar-refractivity contribution in [3.05, 3.63) is 10.3 Å². The zero-order valence-electron chi connectivity index (χ0n) is 5.57. The van der Waals surface area contributed by atoms with E-state index < -0.39 is 14.0 Å². The molecular formula is C5H5BrO3S2. The van der Waals surface area contributed by atoms with Crippen LogP contribution >= 0.6 is 27.7 Å². The molecule has 6 heteroatoms. The van der Waals surface area contributed by atoms with Crippen LogP contribution in [0.5, 0.6) is 0 Å². The monoisotopic (exact) mass is 256 g/mol. The molecule has 0 aliphatic carbocycles. The first kappa shape index (κ1) is 9.28. The number of rotatable bonds is 1. The molecule has 1 heterocycles. The van der Waals surface area contributed by atoms with Gasteiger partial charge in [-0.3, -0.25) is 4.79 Å². The van der Waals surface area contributed by atoms with Gasteiger partial charge in [-0.1, -0.05) is 15.9 Å². The molecule has 0 fully saturated rings. The molecule has 0 saturated heterocycles. The molecule has 3 nitrogen and oxygen atoms in total. The molecule has 0 saturated carbocycles. The number of ketones is 1.